The summed E-state index contributed by atoms with van der Waals surface area (Å²) in [5.74, 6) is 1.70. The second-order valence-corrected chi connectivity index (χ2v) is 7.15. The fourth-order valence-electron chi connectivity index (χ4n) is 3.25. The van der Waals surface area contributed by atoms with Crippen LogP contribution in [0.5, 0.6) is 5.75 Å². The Hall–Kier alpha value is -2.62. The lowest BCUT2D eigenvalue weighted by atomic mass is 10.0. The molecular formula is C24H26N2O. The van der Waals surface area contributed by atoms with Crippen LogP contribution < -0.4 is 15.4 Å². The van der Waals surface area contributed by atoms with Gasteiger partial charge in [-0.2, -0.15) is 0 Å². The average Bonchev–Trinajstić information content (AvgIpc) is 2.70. The molecule has 0 bridgehead atoms. The predicted molar refractivity (Wildman–Crippen MR) is 111 cm³/mol. The van der Waals surface area contributed by atoms with Crippen molar-refractivity contribution in [2.75, 3.05) is 19.6 Å². The summed E-state index contributed by atoms with van der Waals surface area (Å²) in [5, 5.41) is 6.83. The molecule has 0 spiro atoms. The van der Waals surface area contributed by atoms with Gasteiger partial charge in [-0.05, 0) is 40.3 Å². The van der Waals surface area contributed by atoms with Gasteiger partial charge in [0.25, 0.3) is 0 Å². The Labute approximate surface area is 161 Å². The van der Waals surface area contributed by atoms with Crippen LogP contribution >= 0.6 is 0 Å². The molecule has 3 aromatic carbocycles. The molecule has 0 saturated carbocycles. The standard InChI is InChI=1S/C24H26N2O/c1-2-6-22(7-3-1)23-11-9-19(10-12-23)18-27-24-8-4-5-20(13-24)14-25-15-21-16-26-17-21/h1-13,21,25-26H,14-18H2. The second kappa shape index (κ2) is 8.85. The highest BCUT2D eigenvalue weighted by Gasteiger charge is 2.15. The largest absolute Gasteiger partial charge is 0.489 e. The molecule has 1 fully saturated rings. The Kier molecular flexibility index (Phi) is 5.83. The first-order chi connectivity index (χ1) is 13.4. The lowest BCUT2D eigenvalue weighted by molar-refractivity contribution is 0.305. The zero-order valence-electron chi connectivity index (χ0n) is 15.5. The molecule has 2 N–H and O–H groups in total. The summed E-state index contributed by atoms with van der Waals surface area (Å²) in [5.41, 5.74) is 4.91. The van der Waals surface area contributed by atoms with Crippen LogP contribution in [0, 0.1) is 5.92 Å². The fourth-order valence-corrected chi connectivity index (χ4v) is 3.25. The van der Waals surface area contributed by atoms with Gasteiger partial charge in [0.15, 0.2) is 0 Å². The van der Waals surface area contributed by atoms with Gasteiger partial charge in [-0.3, -0.25) is 0 Å². The Balaban J connectivity index is 1.29. The normalized spacial score (nSPS) is 13.9. The van der Waals surface area contributed by atoms with Gasteiger partial charge in [0.1, 0.15) is 12.4 Å². The van der Waals surface area contributed by atoms with E-state index in [0.717, 1.165) is 37.8 Å². The van der Waals surface area contributed by atoms with Gasteiger partial charge >= 0.3 is 0 Å². The van der Waals surface area contributed by atoms with E-state index < -0.39 is 0 Å². The van der Waals surface area contributed by atoms with Gasteiger partial charge < -0.3 is 15.4 Å². The van der Waals surface area contributed by atoms with E-state index in [1.807, 2.05) is 12.1 Å². The van der Waals surface area contributed by atoms with Crippen molar-refractivity contribution < 1.29 is 4.74 Å². The van der Waals surface area contributed by atoms with E-state index in [1.165, 1.54) is 22.3 Å². The molecule has 3 nitrogen and oxygen atoms in total. The van der Waals surface area contributed by atoms with Crippen LogP contribution in [0.2, 0.25) is 0 Å². The molecule has 4 rings (SSSR count). The summed E-state index contributed by atoms with van der Waals surface area (Å²) < 4.78 is 6.00. The Morgan fingerprint density at radius 3 is 2.33 bits per heavy atom. The average molecular weight is 358 g/mol. The van der Waals surface area contributed by atoms with Gasteiger partial charge in [0.2, 0.25) is 0 Å². The molecule has 0 atom stereocenters. The van der Waals surface area contributed by atoms with Crippen LogP contribution in [0.15, 0.2) is 78.9 Å². The van der Waals surface area contributed by atoms with Crippen molar-refractivity contribution in [1.29, 1.82) is 0 Å². The van der Waals surface area contributed by atoms with Crippen molar-refractivity contribution in [3.63, 3.8) is 0 Å². The Morgan fingerprint density at radius 1 is 0.815 bits per heavy atom. The topological polar surface area (TPSA) is 33.3 Å². The summed E-state index contributed by atoms with van der Waals surface area (Å²) in [6, 6.07) is 27.4. The molecule has 0 amide bonds. The zero-order valence-corrected chi connectivity index (χ0v) is 15.5. The lowest BCUT2D eigenvalue weighted by Crippen LogP contribution is -2.47. The minimum atomic E-state index is 0.583. The van der Waals surface area contributed by atoms with E-state index in [1.54, 1.807) is 0 Å². The lowest BCUT2D eigenvalue weighted by Gasteiger charge is -2.27. The monoisotopic (exact) mass is 358 g/mol. The van der Waals surface area contributed by atoms with E-state index in [0.29, 0.717) is 6.61 Å². The molecule has 3 aromatic rings. The van der Waals surface area contributed by atoms with Gasteiger partial charge in [-0.15, -0.1) is 0 Å². The molecule has 1 aliphatic heterocycles. The van der Waals surface area contributed by atoms with Crippen LogP contribution in [0.4, 0.5) is 0 Å². The highest BCUT2D eigenvalue weighted by atomic mass is 16.5. The minimum Gasteiger partial charge on any atom is -0.489 e. The van der Waals surface area contributed by atoms with Gasteiger partial charge in [0.05, 0.1) is 0 Å². The third-order valence-electron chi connectivity index (χ3n) is 4.99. The van der Waals surface area contributed by atoms with Crippen LogP contribution in [-0.2, 0) is 13.2 Å². The SMILES string of the molecule is c1ccc(-c2ccc(COc3cccc(CNCC4CNC4)c3)cc2)cc1. The molecule has 1 saturated heterocycles. The molecule has 3 heteroatoms. The number of nitrogens with one attached hydrogen (secondary N) is 2. The van der Waals surface area contributed by atoms with E-state index in [-0.39, 0.29) is 0 Å². The Morgan fingerprint density at radius 2 is 1.59 bits per heavy atom. The van der Waals surface area contributed by atoms with Crippen molar-refractivity contribution in [2.24, 2.45) is 5.92 Å². The van der Waals surface area contributed by atoms with Crippen molar-refractivity contribution in [3.05, 3.63) is 90.0 Å². The molecule has 0 unspecified atom stereocenters. The molecule has 0 radical (unpaired) electrons. The molecule has 1 heterocycles. The molecule has 0 aromatic heterocycles. The van der Waals surface area contributed by atoms with Crippen molar-refractivity contribution in [1.82, 2.24) is 10.6 Å². The quantitative estimate of drug-likeness (QED) is 0.632. The van der Waals surface area contributed by atoms with E-state index >= 15 is 0 Å². The van der Waals surface area contributed by atoms with Crippen molar-refractivity contribution in [2.45, 2.75) is 13.2 Å². The number of hydrogen-bond acceptors (Lipinski definition) is 3. The molecule has 27 heavy (non-hydrogen) atoms. The summed E-state index contributed by atoms with van der Waals surface area (Å²) in [4.78, 5) is 0. The first kappa shape index (κ1) is 17.8. The smallest absolute Gasteiger partial charge is 0.120 e. The van der Waals surface area contributed by atoms with E-state index in [4.69, 9.17) is 4.74 Å². The molecule has 138 valence electrons. The van der Waals surface area contributed by atoms with Crippen LogP contribution in [0.25, 0.3) is 11.1 Å². The molecule has 1 aliphatic rings. The van der Waals surface area contributed by atoms with Crippen molar-refractivity contribution >= 4 is 0 Å². The van der Waals surface area contributed by atoms with E-state index in [2.05, 4.69) is 77.4 Å². The summed E-state index contributed by atoms with van der Waals surface area (Å²) in [6.45, 7) is 4.82. The summed E-state index contributed by atoms with van der Waals surface area (Å²) in [6.07, 6.45) is 0. The van der Waals surface area contributed by atoms with Crippen LogP contribution in [0.3, 0.4) is 0 Å². The number of rotatable bonds is 8. The third-order valence-corrected chi connectivity index (χ3v) is 4.99. The molecular weight excluding hydrogens is 332 g/mol. The molecule has 0 aliphatic carbocycles. The minimum absolute atomic E-state index is 0.583. The van der Waals surface area contributed by atoms with Crippen LogP contribution in [0.1, 0.15) is 11.1 Å². The van der Waals surface area contributed by atoms with Gasteiger partial charge in [0, 0.05) is 26.2 Å². The number of benzene rings is 3. The predicted octanol–water partition coefficient (Wildman–Crippen LogP) is 4.24. The maximum atomic E-state index is 6.00. The highest BCUT2D eigenvalue weighted by Crippen LogP contribution is 2.20. The number of hydrogen-bond donors (Lipinski definition) is 2. The second-order valence-electron chi connectivity index (χ2n) is 7.15. The Bertz CT molecular complexity index is 842. The first-order valence-corrected chi connectivity index (χ1v) is 9.64. The summed E-state index contributed by atoms with van der Waals surface area (Å²) >= 11 is 0. The third kappa shape index (κ3) is 4.97. The number of ether oxygens (including phenoxy) is 1. The maximum absolute atomic E-state index is 6.00. The first-order valence-electron chi connectivity index (χ1n) is 9.64. The van der Waals surface area contributed by atoms with Gasteiger partial charge in [-0.25, -0.2) is 0 Å². The van der Waals surface area contributed by atoms with Crippen LogP contribution in [-0.4, -0.2) is 19.6 Å². The van der Waals surface area contributed by atoms with E-state index in [9.17, 15) is 0 Å². The summed E-state index contributed by atoms with van der Waals surface area (Å²) in [7, 11) is 0. The van der Waals surface area contributed by atoms with Gasteiger partial charge in [-0.1, -0.05) is 66.7 Å². The van der Waals surface area contributed by atoms with Crippen molar-refractivity contribution in [3.8, 4) is 16.9 Å². The highest BCUT2D eigenvalue weighted by molar-refractivity contribution is 5.63. The fraction of sp³-hybridized carbons (Fsp3) is 0.250. The maximum Gasteiger partial charge on any atom is 0.120 e. The zero-order chi connectivity index (χ0) is 18.3.